The predicted molar refractivity (Wildman–Crippen MR) is 76.2 cm³/mol. The Balaban J connectivity index is 1.60. The number of ether oxygens (including phenoxy) is 1. The fourth-order valence-electron chi connectivity index (χ4n) is 3.00. The average Bonchev–Trinajstić information content (AvgIpc) is 3.24. The molecule has 1 atom stereocenters. The molecule has 2 aliphatic rings. The molecule has 2 saturated carbocycles. The summed E-state index contributed by atoms with van der Waals surface area (Å²) in [5.74, 6) is 2.21. The smallest absolute Gasteiger partial charge is 0.119 e. The molecule has 104 valence electrons. The van der Waals surface area contributed by atoms with Crippen LogP contribution in [0, 0.1) is 11.8 Å². The molecular weight excluding hydrogens is 236 g/mol. The monoisotopic (exact) mass is 260 g/mol. The largest absolute Gasteiger partial charge is 0.490 e. The summed E-state index contributed by atoms with van der Waals surface area (Å²) in [6.45, 7) is 2.31. The molecule has 1 aromatic carbocycles. The second kappa shape index (κ2) is 5.54. The van der Waals surface area contributed by atoms with Gasteiger partial charge in [-0.2, -0.15) is 0 Å². The Morgan fingerprint density at radius 3 is 2.21 bits per heavy atom. The van der Waals surface area contributed by atoms with Crippen LogP contribution in [0.4, 0.5) is 0 Å². The van der Waals surface area contributed by atoms with E-state index in [4.69, 9.17) is 4.74 Å². The van der Waals surface area contributed by atoms with Crippen molar-refractivity contribution in [3.63, 3.8) is 0 Å². The first-order valence-corrected chi connectivity index (χ1v) is 7.67. The molecule has 0 aliphatic heterocycles. The number of aliphatic hydroxyl groups excluding tert-OH is 1. The van der Waals surface area contributed by atoms with E-state index in [-0.39, 0.29) is 6.10 Å². The first-order chi connectivity index (χ1) is 9.22. The van der Waals surface area contributed by atoms with Crippen LogP contribution in [0.15, 0.2) is 24.3 Å². The van der Waals surface area contributed by atoms with Crippen LogP contribution in [0.25, 0.3) is 0 Å². The summed E-state index contributed by atoms with van der Waals surface area (Å²) >= 11 is 0. The van der Waals surface area contributed by atoms with Crippen molar-refractivity contribution in [1.82, 2.24) is 0 Å². The Labute approximate surface area is 115 Å². The van der Waals surface area contributed by atoms with Crippen LogP contribution in [-0.2, 0) is 0 Å². The maximum atomic E-state index is 10.5. The van der Waals surface area contributed by atoms with Gasteiger partial charge in [0.1, 0.15) is 5.75 Å². The molecule has 0 heterocycles. The van der Waals surface area contributed by atoms with Crippen molar-refractivity contribution < 1.29 is 9.84 Å². The molecule has 0 saturated heterocycles. The van der Waals surface area contributed by atoms with Gasteiger partial charge in [0.05, 0.1) is 12.2 Å². The third-order valence-corrected chi connectivity index (χ3v) is 4.56. The normalized spacial score (nSPS) is 28.9. The first kappa shape index (κ1) is 13.0. The standard InChI is InChI=1S/C17H24O2/c1-12-2-4-13(5-3-12)17(18)14-6-8-15(9-7-14)19-16-10-11-16/h6-9,12-13,16-18H,2-5,10-11H2,1H3. The SMILES string of the molecule is CC1CCC(C(O)c2ccc(OC3CC3)cc2)CC1. The number of hydrogen-bond acceptors (Lipinski definition) is 2. The lowest BCUT2D eigenvalue weighted by molar-refractivity contribution is 0.0755. The van der Waals surface area contributed by atoms with Gasteiger partial charge in [-0.3, -0.25) is 0 Å². The lowest BCUT2D eigenvalue weighted by Gasteiger charge is -2.30. The number of aliphatic hydroxyl groups is 1. The lowest BCUT2D eigenvalue weighted by atomic mass is 9.78. The average molecular weight is 260 g/mol. The zero-order valence-electron chi connectivity index (χ0n) is 11.7. The molecule has 19 heavy (non-hydrogen) atoms. The molecule has 3 rings (SSSR count). The Hall–Kier alpha value is -1.02. The van der Waals surface area contributed by atoms with Crippen molar-refractivity contribution in [3.8, 4) is 5.75 Å². The van der Waals surface area contributed by atoms with Gasteiger partial charge < -0.3 is 9.84 Å². The highest BCUT2D eigenvalue weighted by Gasteiger charge is 2.26. The van der Waals surface area contributed by atoms with Gasteiger partial charge in [0, 0.05) is 0 Å². The van der Waals surface area contributed by atoms with Gasteiger partial charge in [-0.05, 0) is 55.2 Å². The van der Waals surface area contributed by atoms with Gasteiger partial charge in [0.15, 0.2) is 0 Å². The van der Waals surface area contributed by atoms with Crippen LogP contribution >= 0.6 is 0 Å². The fourth-order valence-corrected chi connectivity index (χ4v) is 3.00. The van der Waals surface area contributed by atoms with E-state index in [1.807, 2.05) is 24.3 Å². The van der Waals surface area contributed by atoms with Crippen molar-refractivity contribution in [2.45, 2.75) is 57.7 Å². The van der Waals surface area contributed by atoms with E-state index in [0.29, 0.717) is 12.0 Å². The van der Waals surface area contributed by atoms with Crippen LogP contribution in [0.1, 0.15) is 57.1 Å². The molecule has 2 fully saturated rings. The molecule has 0 bridgehead atoms. The van der Waals surface area contributed by atoms with Gasteiger partial charge >= 0.3 is 0 Å². The predicted octanol–water partition coefficient (Wildman–Crippen LogP) is 4.09. The van der Waals surface area contributed by atoms with Crippen molar-refractivity contribution in [2.75, 3.05) is 0 Å². The summed E-state index contributed by atoms with van der Waals surface area (Å²) in [5, 5.41) is 10.5. The number of benzene rings is 1. The summed E-state index contributed by atoms with van der Waals surface area (Å²) in [6.07, 6.45) is 7.33. The minimum absolute atomic E-state index is 0.303. The third-order valence-electron chi connectivity index (χ3n) is 4.56. The Bertz CT molecular complexity index is 400. The van der Waals surface area contributed by atoms with Gasteiger partial charge in [-0.15, -0.1) is 0 Å². The Kier molecular flexibility index (Phi) is 3.79. The highest BCUT2D eigenvalue weighted by atomic mass is 16.5. The van der Waals surface area contributed by atoms with Gasteiger partial charge in [0.25, 0.3) is 0 Å². The topological polar surface area (TPSA) is 29.5 Å². The minimum atomic E-state index is -0.303. The zero-order valence-corrected chi connectivity index (χ0v) is 11.7. The van der Waals surface area contributed by atoms with Crippen molar-refractivity contribution in [3.05, 3.63) is 29.8 Å². The van der Waals surface area contributed by atoms with E-state index in [0.717, 1.165) is 30.1 Å². The van der Waals surface area contributed by atoms with Crippen LogP contribution in [0.3, 0.4) is 0 Å². The van der Waals surface area contributed by atoms with Crippen LogP contribution < -0.4 is 4.74 Å². The molecule has 0 radical (unpaired) electrons. The van der Waals surface area contributed by atoms with Crippen LogP contribution in [-0.4, -0.2) is 11.2 Å². The summed E-state index contributed by atoms with van der Waals surface area (Å²) in [6, 6.07) is 8.06. The van der Waals surface area contributed by atoms with E-state index in [9.17, 15) is 5.11 Å². The molecule has 2 nitrogen and oxygen atoms in total. The zero-order chi connectivity index (χ0) is 13.2. The second-order valence-electron chi connectivity index (χ2n) is 6.35. The number of hydrogen-bond donors (Lipinski definition) is 1. The quantitative estimate of drug-likeness (QED) is 0.883. The molecule has 2 aliphatic carbocycles. The van der Waals surface area contributed by atoms with Gasteiger partial charge in [-0.1, -0.05) is 31.9 Å². The molecule has 0 aromatic heterocycles. The van der Waals surface area contributed by atoms with Gasteiger partial charge in [-0.25, -0.2) is 0 Å². The maximum absolute atomic E-state index is 10.5. The van der Waals surface area contributed by atoms with Crippen molar-refractivity contribution in [1.29, 1.82) is 0 Å². The minimum Gasteiger partial charge on any atom is -0.490 e. The maximum Gasteiger partial charge on any atom is 0.119 e. The molecule has 2 heteroatoms. The molecule has 1 unspecified atom stereocenters. The lowest BCUT2D eigenvalue weighted by Crippen LogP contribution is -2.19. The number of rotatable bonds is 4. The van der Waals surface area contributed by atoms with Crippen molar-refractivity contribution in [2.24, 2.45) is 11.8 Å². The van der Waals surface area contributed by atoms with Crippen molar-refractivity contribution >= 4 is 0 Å². The van der Waals surface area contributed by atoms with Crippen LogP contribution in [0.5, 0.6) is 5.75 Å². The molecule has 1 aromatic rings. The summed E-state index contributed by atoms with van der Waals surface area (Å²) in [7, 11) is 0. The summed E-state index contributed by atoms with van der Waals surface area (Å²) in [4.78, 5) is 0. The van der Waals surface area contributed by atoms with E-state index < -0.39 is 0 Å². The third kappa shape index (κ3) is 3.30. The summed E-state index contributed by atoms with van der Waals surface area (Å²) < 4.78 is 5.74. The Morgan fingerprint density at radius 2 is 1.63 bits per heavy atom. The highest BCUT2D eigenvalue weighted by molar-refractivity contribution is 5.29. The van der Waals surface area contributed by atoms with E-state index in [2.05, 4.69) is 6.92 Å². The molecule has 0 spiro atoms. The van der Waals surface area contributed by atoms with E-state index >= 15 is 0 Å². The van der Waals surface area contributed by atoms with Gasteiger partial charge in [0.2, 0.25) is 0 Å². The summed E-state index contributed by atoms with van der Waals surface area (Å²) in [5.41, 5.74) is 1.04. The molecule has 1 N–H and O–H groups in total. The second-order valence-corrected chi connectivity index (χ2v) is 6.35. The first-order valence-electron chi connectivity index (χ1n) is 7.67. The van der Waals surface area contributed by atoms with E-state index in [1.165, 1.54) is 25.7 Å². The fraction of sp³-hybridized carbons (Fsp3) is 0.647. The highest BCUT2D eigenvalue weighted by Crippen LogP contribution is 2.37. The Morgan fingerprint density at radius 1 is 1.00 bits per heavy atom. The molecular formula is C17H24O2. The van der Waals surface area contributed by atoms with E-state index in [1.54, 1.807) is 0 Å². The molecule has 0 amide bonds. The van der Waals surface area contributed by atoms with Crippen LogP contribution in [0.2, 0.25) is 0 Å².